The number of rotatable bonds is 6. The number of carbonyl (C=O) groups is 1. The van der Waals surface area contributed by atoms with E-state index in [0.29, 0.717) is 31.9 Å². The minimum atomic E-state index is -3.58. The van der Waals surface area contributed by atoms with E-state index in [9.17, 15) is 13.2 Å². The molecule has 0 aliphatic carbocycles. The van der Waals surface area contributed by atoms with Crippen LogP contribution in [-0.2, 0) is 14.8 Å². The quantitative estimate of drug-likeness (QED) is 0.854. The highest BCUT2D eigenvalue weighted by atomic mass is 32.2. The number of hydrogen-bond acceptors (Lipinski definition) is 4. The van der Waals surface area contributed by atoms with Gasteiger partial charge in [-0.1, -0.05) is 0 Å². The average Bonchev–Trinajstić information content (AvgIpc) is 2.56. The van der Waals surface area contributed by atoms with Crippen molar-refractivity contribution in [2.75, 3.05) is 26.2 Å². The Morgan fingerprint density at radius 3 is 2.61 bits per heavy atom. The Balaban J connectivity index is 2.13. The maximum Gasteiger partial charge on any atom is 0.243 e. The van der Waals surface area contributed by atoms with E-state index in [1.807, 2.05) is 13.8 Å². The fourth-order valence-electron chi connectivity index (χ4n) is 2.72. The Kier molecular flexibility index (Phi) is 6.01. The van der Waals surface area contributed by atoms with E-state index in [4.69, 9.17) is 4.74 Å². The van der Waals surface area contributed by atoms with Crippen LogP contribution >= 0.6 is 0 Å². The van der Waals surface area contributed by atoms with Crippen LogP contribution in [0, 0.1) is 5.92 Å². The van der Waals surface area contributed by atoms with Gasteiger partial charge in [-0.15, -0.1) is 0 Å². The van der Waals surface area contributed by atoms with E-state index in [0.717, 1.165) is 6.42 Å². The van der Waals surface area contributed by atoms with E-state index in [-0.39, 0.29) is 23.3 Å². The van der Waals surface area contributed by atoms with Gasteiger partial charge >= 0.3 is 0 Å². The average molecular weight is 340 g/mol. The Labute approximate surface area is 137 Å². The minimum absolute atomic E-state index is 0.0703. The first kappa shape index (κ1) is 17.7. The number of sulfonamides is 1. The lowest BCUT2D eigenvalue weighted by atomic mass is 9.99. The molecule has 1 aliphatic heterocycles. The van der Waals surface area contributed by atoms with Gasteiger partial charge in [0.2, 0.25) is 15.9 Å². The van der Waals surface area contributed by atoms with Gasteiger partial charge in [0.05, 0.1) is 17.4 Å². The SMILES string of the molecule is CCNC(=O)[C@@H]1CCCN(S(=O)(=O)c2ccc(OCC)cc2)C1. The van der Waals surface area contributed by atoms with Crippen molar-refractivity contribution < 1.29 is 17.9 Å². The first-order valence-electron chi connectivity index (χ1n) is 7.99. The fourth-order valence-corrected chi connectivity index (χ4v) is 4.24. The largest absolute Gasteiger partial charge is 0.494 e. The molecule has 1 N–H and O–H groups in total. The molecule has 1 aromatic carbocycles. The second kappa shape index (κ2) is 7.79. The van der Waals surface area contributed by atoms with Crippen molar-refractivity contribution in [3.63, 3.8) is 0 Å². The van der Waals surface area contributed by atoms with Gasteiger partial charge < -0.3 is 10.1 Å². The summed E-state index contributed by atoms with van der Waals surface area (Å²) in [5, 5.41) is 2.77. The third kappa shape index (κ3) is 4.23. The van der Waals surface area contributed by atoms with Crippen LogP contribution in [0.3, 0.4) is 0 Å². The molecule has 0 bridgehead atoms. The lowest BCUT2D eigenvalue weighted by Crippen LogP contribution is -2.45. The topological polar surface area (TPSA) is 75.7 Å². The molecule has 7 heteroatoms. The van der Waals surface area contributed by atoms with Gasteiger partial charge in [0.15, 0.2) is 0 Å². The molecule has 2 rings (SSSR count). The molecule has 6 nitrogen and oxygen atoms in total. The molecule has 0 spiro atoms. The van der Waals surface area contributed by atoms with E-state index < -0.39 is 10.0 Å². The number of nitrogens with zero attached hydrogens (tertiary/aromatic N) is 1. The number of ether oxygens (including phenoxy) is 1. The van der Waals surface area contributed by atoms with Crippen LogP contribution in [0.5, 0.6) is 5.75 Å². The predicted octanol–water partition coefficient (Wildman–Crippen LogP) is 1.62. The molecule has 128 valence electrons. The molecule has 0 radical (unpaired) electrons. The van der Waals surface area contributed by atoms with Crippen LogP contribution in [0.1, 0.15) is 26.7 Å². The molecule has 1 aliphatic rings. The van der Waals surface area contributed by atoms with Gasteiger partial charge in [-0.25, -0.2) is 8.42 Å². The van der Waals surface area contributed by atoms with Crippen molar-refractivity contribution in [3.05, 3.63) is 24.3 Å². The first-order valence-corrected chi connectivity index (χ1v) is 9.43. The van der Waals surface area contributed by atoms with Crippen molar-refractivity contribution in [2.45, 2.75) is 31.6 Å². The van der Waals surface area contributed by atoms with Gasteiger partial charge in [-0.2, -0.15) is 4.31 Å². The van der Waals surface area contributed by atoms with Gasteiger partial charge in [0.25, 0.3) is 0 Å². The lowest BCUT2D eigenvalue weighted by Gasteiger charge is -2.31. The molecule has 1 heterocycles. The minimum Gasteiger partial charge on any atom is -0.494 e. The van der Waals surface area contributed by atoms with Crippen LogP contribution in [0.2, 0.25) is 0 Å². The van der Waals surface area contributed by atoms with Crippen molar-refractivity contribution in [1.29, 1.82) is 0 Å². The number of carbonyl (C=O) groups excluding carboxylic acids is 1. The third-order valence-corrected chi connectivity index (χ3v) is 5.76. The summed E-state index contributed by atoms with van der Waals surface area (Å²) >= 11 is 0. The maximum atomic E-state index is 12.7. The summed E-state index contributed by atoms with van der Waals surface area (Å²) < 4.78 is 32.2. The Morgan fingerprint density at radius 1 is 1.30 bits per heavy atom. The summed E-state index contributed by atoms with van der Waals surface area (Å²) in [5.74, 6) is 0.297. The van der Waals surface area contributed by atoms with Gasteiger partial charge in [-0.3, -0.25) is 4.79 Å². The van der Waals surface area contributed by atoms with E-state index in [1.165, 1.54) is 4.31 Å². The zero-order chi connectivity index (χ0) is 16.9. The van der Waals surface area contributed by atoms with Crippen molar-refractivity contribution in [1.82, 2.24) is 9.62 Å². The molecule has 1 saturated heterocycles. The van der Waals surface area contributed by atoms with Crippen LogP contribution in [0.4, 0.5) is 0 Å². The zero-order valence-corrected chi connectivity index (χ0v) is 14.4. The van der Waals surface area contributed by atoms with Crippen molar-refractivity contribution in [3.8, 4) is 5.75 Å². The predicted molar refractivity (Wildman–Crippen MR) is 87.8 cm³/mol. The molecule has 1 fully saturated rings. The van der Waals surface area contributed by atoms with E-state index in [2.05, 4.69) is 5.32 Å². The molecule has 23 heavy (non-hydrogen) atoms. The Hall–Kier alpha value is -1.60. The summed E-state index contributed by atoms with van der Waals surface area (Å²) in [4.78, 5) is 12.2. The lowest BCUT2D eigenvalue weighted by molar-refractivity contribution is -0.125. The van der Waals surface area contributed by atoms with Crippen LogP contribution in [0.25, 0.3) is 0 Å². The molecule has 0 unspecified atom stereocenters. The van der Waals surface area contributed by atoms with E-state index >= 15 is 0 Å². The van der Waals surface area contributed by atoms with Gasteiger partial charge in [0.1, 0.15) is 5.75 Å². The number of nitrogens with one attached hydrogen (secondary N) is 1. The number of benzene rings is 1. The number of piperidine rings is 1. The second-order valence-corrected chi connectivity index (χ2v) is 7.44. The standard InChI is InChI=1S/C16H24N2O4S/c1-3-17-16(19)13-6-5-11-18(12-13)23(20,21)15-9-7-14(8-10-15)22-4-2/h7-10,13H,3-6,11-12H2,1-2H3,(H,17,19)/t13-/m1/s1. The summed E-state index contributed by atoms with van der Waals surface area (Å²) in [6, 6.07) is 6.41. The van der Waals surface area contributed by atoms with Crippen molar-refractivity contribution >= 4 is 15.9 Å². The normalized spacial score (nSPS) is 19.3. The molecule has 0 saturated carbocycles. The molecular formula is C16H24N2O4S. The highest BCUT2D eigenvalue weighted by Crippen LogP contribution is 2.25. The van der Waals surface area contributed by atoms with Crippen LogP contribution < -0.4 is 10.1 Å². The van der Waals surface area contributed by atoms with Crippen LogP contribution in [-0.4, -0.2) is 44.9 Å². The highest BCUT2D eigenvalue weighted by Gasteiger charge is 2.33. The van der Waals surface area contributed by atoms with E-state index in [1.54, 1.807) is 24.3 Å². The highest BCUT2D eigenvalue weighted by molar-refractivity contribution is 7.89. The number of hydrogen-bond donors (Lipinski definition) is 1. The monoisotopic (exact) mass is 340 g/mol. The second-order valence-electron chi connectivity index (χ2n) is 5.50. The summed E-state index contributed by atoms with van der Waals surface area (Å²) in [5.41, 5.74) is 0. The van der Waals surface area contributed by atoms with Crippen molar-refractivity contribution in [2.24, 2.45) is 5.92 Å². The summed E-state index contributed by atoms with van der Waals surface area (Å²) in [6.07, 6.45) is 1.42. The first-order chi connectivity index (χ1) is 11.0. The zero-order valence-electron chi connectivity index (χ0n) is 13.6. The molecule has 1 amide bonds. The smallest absolute Gasteiger partial charge is 0.243 e. The molecule has 0 aromatic heterocycles. The summed E-state index contributed by atoms with van der Waals surface area (Å²) in [6.45, 7) is 5.51. The van der Waals surface area contributed by atoms with Crippen LogP contribution in [0.15, 0.2) is 29.2 Å². The Bertz CT molecular complexity index is 628. The molecule has 1 atom stereocenters. The Morgan fingerprint density at radius 2 is 2.00 bits per heavy atom. The molecular weight excluding hydrogens is 316 g/mol. The molecule has 1 aromatic rings. The third-order valence-electron chi connectivity index (χ3n) is 3.88. The van der Waals surface area contributed by atoms with Gasteiger partial charge in [-0.05, 0) is 51.0 Å². The van der Waals surface area contributed by atoms with Gasteiger partial charge in [0, 0.05) is 19.6 Å². The fraction of sp³-hybridized carbons (Fsp3) is 0.562. The number of amides is 1. The summed E-state index contributed by atoms with van der Waals surface area (Å²) in [7, 11) is -3.58. The maximum absolute atomic E-state index is 12.7.